The number of likely N-dealkylation sites (tertiary alicyclic amines) is 1. The maximum absolute atomic E-state index is 12.6. The number of piperidine rings is 1. The highest BCUT2D eigenvalue weighted by Gasteiger charge is 2.32. The Kier molecular flexibility index (Phi) is 5.53. The molecule has 1 aromatic heterocycles. The lowest BCUT2D eigenvalue weighted by Crippen LogP contribution is -2.45. The highest BCUT2D eigenvalue weighted by Crippen LogP contribution is 2.36. The lowest BCUT2D eigenvalue weighted by atomic mass is 9.75. The van der Waals surface area contributed by atoms with Gasteiger partial charge >= 0.3 is 0 Å². The number of aromatic nitrogens is 2. The summed E-state index contributed by atoms with van der Waals surface area (Å²) in [6.45, 7) is 5.94. The number of benzene rings is 1. The molecule has 1 aliphatic carbocycles. The first-order valence-electron chi connectivity index (χ1n) is 9.91. The van der Waals surface area contributed by atoms with Gasteiger partial charge in [0, 0.05) is 18.7 Å². The lowest BCUT2D eigenvalue weighted by Gasteiger charge is -2.41. The second kappa shape index (κ2) is 8.05. The summed E-state index contributed by atoms with van der Waals surface area (Å²) in [5, 5.41) is 8.72. The first kappa shape index (κ1) is 18.5. The Morgan fingerprint density at radius 2 is 1.85 bits per heavy atom. The average molecular weight is 386 g/mol. The fourth-order valence-corrected chi connectivity index (χ4v) is 5.19. The third-order valence-electron chi connectivity index (χ3n) is 5.84. The molecular formula is C21H27N3O2S. The van der Waals surface area contributed by atoms with Gasteiger partial charge in [-0.1, -0.05) is 48.2 Å². The quantitative estimate of drug-likeness (QED) is 0.726. The minimum Gasteiger partial charge on any atom is -0.411 e. The van der Waals surface area contributed by atoms with Gasteiger partial charge in [-0.05, 0) is 50.7 Å². The third kappa shape index (κ3) is 4.37. The van der Waals surface area contributed by atoms with Crippen molar-refractivity contribution in [1.82, 2.24) is 15.1 Å². The molecule has 1 aromatic carbocycles. The van der Waals surface area contributed by atoms with E-state index in [1.807, 2.05) is 17.0 Å². The number of nitrogens with zero attached hydrogens (tertiary/aromatic N) is 3. The molecule has 1 saturated heterocycles. The van der Waals surface area contributed by atoms with Gasteiger partial charge in [0.25, 0.3) is 5.22 Å². The second-order valence-corrected chi connectivity index (χ2v) is 8.90. The molecule has 27 heavy (non-hydrogen) atoms. The summed E-state index contributed by atoms with van der Waals surface area (Å²) in [6, 6.07) is 6.19. The van der Waals surface area contributed by atoms with E-state index in [1.54, 1.807) is 0 Å². The Labute approximate surface area is 164 Å². The van der Waals surface area contributed by atoms with E-state index < -0.39 is 0 Å². The normalized spacial score (nSPS) is 22.5. The molecule has 0 radical (unpaired) electrons. The lowest BCUT2D eigenvalue weighted by molar-refractivity contribution is -0.131. The van der Waals surface area contributed by atoms with Crippen LogP contribution in [0.3, 0.4) is 0 Å². The average Bonchev–Trinajstić information content (AvgIpc) is 3.14. The van der Waals surface area contributed by atoms with Gasteiger partial charge in [0.2, 0.25) is 11.8 Å². The number of hydrogen-bond acceptors (Lipinski definition) is 5. The smallest absolute Gasteiger partial charge is 0.277 e. The largest absolute Gasteiger partial charge is 0.411 e. The van der Waals surface area contributed by atoms with Crippen LogP contribution < -0.4 is 0 Å². The fourth-order valence-electron chi connectivity index (χ4n) is 4.53. The van der Waals surface area contributed by atoms with Crippen molar-refractivity contribution in [2.24, 2.45) is 11.8 Å². The van der Waals surface area contributed by atoms with Crippen molar-refractivity contribution >= 4 is 17.7 Å². The highest BCUT2D eigenvalue weighted by molar-refractivity contribution is 7.99. The van der Waals surface area contributed by atoms with Crippen molar-refractivity contribution < 1.29 is 9.21 Å². The predicted molar refractivity (Wildman–Crippen MR) is 107 cm³/mol. The monoisotopic (exact) mass is 385 g/mol. The van der Waals surface area contributed by atoms with E-state index in [-0.39, 0.29) is 5.91 Å². The molecule has 6 heteroatoms. The Balaban J connectivity index is 1.34. The van der Waals surface area contributed by atoms with Gasteiger partial charge < -0.3 is 9.32 Å². The van der Waals surface area contributed by atoms with E-state index in [0.29, 0.717) is 22.8 Å². The second-order valence-electron chi connectivity index (χ2n) is 7.97. The summed E-state index contributed by atoms with van der Waals surface area (Å²) in [6.07, 6.45) is 6.49. The van der Waals surface area contributed by atoms with E-state index in [1.165, 1.54) is 55.0 Å². The summed E-state index contributed by atoms with van der Waals surface area (Å²) >= 11 is 1.34. The number of carbonyl (C=O) groups is 1. The van der Waals surface area contributed by atoms with Crippen LogP contribution in [0.15, 0.2) is 27.8 Å². The molecule has 0 unspecified atom stereocenters. The molecule has 1 saturated carbocycles. The Morgan fingerprint density at radius 3 is 2.63 bits per heavy atom. The van der Waals surface area contributed by atoms with E-state index in [2.05, 4.69) is 30.1 Å². The van der Waals surface area contributed by atoms with Gasteiger partial charge in [0.05, 0.1) is 5.75 Å². The molecule has 0 N–H and O–H groups in total. The molecule has 5 nitrogen and oxygen atoms in total. The molecule has 2 aliphatic rings. The topological polar surface area (TPSA) is 59.2 Å². The molecule has 0 spiro atoms. The first-order chi connectivity index (χ1) is 13.1. The van der Waals surface area contributed by atoms with Gasteiger partial charge in [-0.2, -0.15) is 0 Å². The van der Waals surface area contributed by atoms with Crippen LogP contribution in [0.5, 0.6) is 0 Å². The van der Waals surface area contributed by atoms with Crippen LogP contribution >= 0.6 is 11.8 Å². The highest BCUT2D eigenvalue weighted by atomic mass is 32.2. The number of thioether (sulfide) groups is 1. The van der Waals surface area contributed by atoms with Gasteiger partial charge in [-0.25, -0.2) is 0 Å². The van der Waals surface area contributed by atoms with Crippen molar-refractivity contribution in [2.75, 3.05) is 18.8 Å². The summed E-state index contributed by atoms with van der Waals surface area (Å²) in [5.74, 6) is 2.62. The Bertz CT molecular complexity index is 799. The molecular weight excluding hydrogens is 358 g/mol. The minimum atomic E-state index is 0.190. The number of amides is 1. The van der Waals surface area contributed by atoms with Crippen LogP contribution in [-0.4, -0.2) is 39.8 Å². The van der Waals surface area contributed by atoms with Crippen molar-refractivity contribution in [3.8, 4) is 11.5 Å². The molecule has 144 valence electrons. The van der Waals surface area contributed by atoms with Crippen LogP contribution in [0.2, 0.25) is 0 Å². The molecule has 0 bridgehead atoms. The SMILES string of the molecule is Cc1cc(C)cc(-c2nnc(SCC(=O)N3CC[C@H]4CCCC[C@@H]4C3)o2)c1. The van der Waals surface area contributed by atoms with E-state index in [0.717, 1.165) is 24.6 Å². The zero-order valence-electron chi connectivity index (χ0n) is 16.1. The van der Waals surface area contributed by atoms with Crippen molar-refractivity contribution in [1.29, 1.82) is 0 Å². The molecule has 1 amide bonds. The zero-order valence-corrected chi connectivity index (χ0v) is 16.9. The minimum absolute atomic E-state index is 0.190. The van der Waals surface area contributed by atoms with Crippen molar-refractivity contribution in [3.05, 3.63) is 29.3 Å². The summed E-state index contributed by atoms with van der Waals surface area (Å²) in [4.78, 5) is 14.7. The number of aryl methyl sites for hydroxylation is 2. The Hall–Kier alpha value is -1.82. The van der Waals surface area contributed by atoms with E-state index >= 15 is 0 Å². The molecule has 4 rings (SSSR count). The van der Waals surface area contributed by atoms with Gasteiger partial charge in [0.1, 0.15) is 0 Å². The first-order valence-corrected chi connectivity index (χ1v) is 10.9. The maximum Gasteiger partial charge on any atom is 0.277 e. The van der Waals surface area contributed by atoms with Crippen LogP contribution in [0.1, 0.15) is 43.2 Å². The van der Waals surface area contributed by atoms with Gasteiger partial charge in [-0.3, -0.25) is 4.79 Å². The van der Waals surface area contributed by atoms with Gasteiger partial charge in [0.15, 0.2) is 0 Å². The predicted octanol–water partition coefficient (Wildman–Crippen LogP) is 4.48. The number of carbonyl (C=O) groups excluding carboxylic acids is 1. The summed E-state index contributed by atoms with van der Waals surface area (Å²) < 4.78 is 5.77. The summed E-state index contributed by atoms with van der Waals surface area (Å²) in [5.41, 5.74) is 3.26. The third-order valence-corrected chi connectivity index (χ3v) is 6.64. The maximum atomic E-state index is 12.6. The van der Waals surface area contributed by atoms with E-state index in [4.69, 9.17) is 4.42 Å². The van der Waals surface area contributed by atoms with Crippen LogP contribution in [0, 0.1) is 25.7 Å². The molecule has 1 aliphatic heterocycles. The number of hydrogen-bond donors (Lipinski definition) is 0. The summed E-state index contributed by atoms with van der Waals surface area (Å²) in [7, 11) is 0. The zero-order chi connectivity index (χ0) is 18.8. The molecule has 2 aromatic rings. The van der Waals surface area contributed by atoms with Crippen LogP contribution in [-0.2, 0) is 4.79 Å². The standard InChI is InChI=1S/C21H27N3O2S/c1-14-9-15(2)11-18(10-14)20-22-23-21(26-20)27-13-19(25)24-8-7-16-5-3-4-6-17(16)12-24/h9-11,16-17H,3-8,12-13H2,1-2H3/t16-,17-/m1/s1. The van der Waals surface area contributed by atoms with Crippen molar-refractivity contribution in [3.63, 3.8) is 0 Å². The number of rotatable bonds is 4. The van der Waals surface area contributed by atoms with Crippen molar-refractivity contribution in [2.45, 2.75) is 51.2 Å². The van der Waals surface area contributed by atoms with Gasteiger partial charge in [-0.15, -0.1) is 10.2 Å². The molecule has 2 fully saturated rings. The molecule has 2 atom stereocenters. The van der Waals surface area contributed by atoms with E-state index in [9.17, 15) is 4.79 Å². The van der Waals surface area contributed by atoms with Crippen LogP contribution in [0.4, 0.5) is 0 Å². The van der Waals surface area contributed by atoms with Crippen LogP contribution in [0.25, 0.3) is 11.5 Å². The molecule has 2 heterocycles. The number of fused-ring (bicyclic) bond motifs is 1. The fraction of sp³-hybridized carbons (Fsp3) is 0.571. The Morgan fingerprint density at radius 1 is 1.11 bits per heavy atom.